The van der Waals surface area contributed by atoms with Crippen molar-refractivity contribution in [3.63, 3.8) is 0 Å². The van der Waals surface area contributed by atoms with Gasteiger partial charge >= 0.3 is 6.03 Å². The molecule has 1 atom stereocenters. The number of benzene rings is 1. The number of likely N-dealkylation sites (tertiary alicyclic amines) is 1. The molecule has 1 aromatic carbocycles. The van der Waals surface area contributed by atoms with Crippen molar-refractivity contribution in [1.82, 2.24) is 10.2 Å². The van der Waals surface area contributed by atoms with E-state index in [2.05, 4.69) is 10.6 Å². The molecule has 2 rings (SSSR count). The number of para-hydroxylation sites is 1. The molecule has 1 fully saturated rings. The molecule has 1 aromatic rings. The Bertz CT molecular complexity index is 464. The number of nitrogens with zero attached hydrogens (tertiary/aromatic N) is 1. The quantitative estimate of drug-likeness (QED) is 0.755. The standard InChI is InChI=1S/C14H19N3O3/c18-10-11-6-7-17(9-11)13(19)8-15-14(20)16-12-4-2-1-3-5-12/h1-5,11,18H,6-10H2,(H2,15,16,20). The second-order valence-corrected chi connectivity index (χ2v) is 4.85. The fourth-order valence-corrected chi connectivity index (χ4v) is 2.17. The van der Waals surface area contributed by atoms with Crippen molar-refractivity contribution in [3.05, 3.63) is 30.3 Å². The van der Waals surface area contributed by atoms with E-state index in [0.717, 1.165) is 6.42 Å². The summed E-state index contributed by atoms with van der Waals surface area (Å²) in [7, 11) is 0. The number of anilines is 1. The topological polar surface area (TPSA) is 81.7 Å². The van der Waals surface area contributed by atoms with E-state index >= 15 is 0 Å². The van der Waals surface area contributed by atoms with Crippen LogP contribution in [0.5, 0.6) is 0 Å². The van der Waals surface area contributed by atoms with Crippen LogP contribution in [0.15, 0.2) is 30.3 Å². The van der Waals surface area contributed by atoms with Crippen LogP contribution in [0, 0.1) is 5.92 Å². The van der Waals surface area contributed by atoms with Gasteiger partial charge in [-0.1, -0.05) is 18.2 Å². The Hall–Kier alpha value is -2.08. The van der Waals surface area contributed by atoms with Gasteiger partial charge in [0.1, 0.15) is 0 Å². The molecule has 0 saturated carbocycles. The second kappa shape index (κ2) is 6.91. The number of hydrogen-bond acceptors (Lipinski definition) is 3. The smallest absolute Gasteiger partial charge is 0.319 e. The summed E-state index contributed by atoms with van der Waals surface area (Å²) in [6, 6.07) is 8.64. The summed E-state index contributed by atoms with van der Waals surface area (Å²) in [5.41, 5.74) is 0.680. The van der Waals surface area contributed by atoms with Crippen molar-refractivity contribution in [2.24, 2.45) is 5.92 Å². The average Bonchev–Trinajstić information content (AvgIpc) is 2.95. The molecule has 3 N–H and O–H groups in total. The first kappa shape index (κ1) is 14.3. The fraction of sp³-hybridized carbons (Fsp3) is 0.429. The van der Waals surface area contributed by atoms with Crippen LogP contribution in [0.3, 0.4) is 0 Å². The van der Waals surface area contributed by atoms with Crippen LogP contribution in [0.25, 0.3) is 0 Å². The normalized spacial score (nSPS) is 17.9. The lowest BCUT2D eigenvalue weighted by atomic mass is 10.1. The van der Waals surface area contributed by atoms with Gasteiger partial charge in [-0.05, 0) is 18.6 Å². The summed E-state index contributed by atoms with van der Waals surface area (Å²) < 4.78 is 0. The van der Waals surface area contributed by atoms with E-state index in [1.165, 1.54) is 0 Å². The van der Waals surface area contributed by atoms with Gasteiger partial charge in [-0.3, -0.25) is 4.79 Å². The maximum Gasteiger partial charge on any atom is 0.319 e. The van der Waals surface area contributed by atoms with E-state index in [-0.39, 0.29) is 25.0 Å². The van der Waals surface area contributed by atoms with E-state index in [0.29, 0.717) is 18.8 Å². The molecular formula is C14H19N3O3. The minimum Gasteiger partial charge on any atom is -0.396 e. The molecule has 1 unspecified atom stereocenters. The van der Waals surface area contributed by atoms with Crippen LogP contribution >= 0.6 is 0 Å². The third-order valence-electron chi connectivity index (χ3n) is 3.33. The summed E-state index contributed by atoms with van der Waals surface area (Å²) in [6.45, 7) is 1.28. The number of carbonyl (C=O) groups is 2. The van der Waals surface area contributed by atoms with E-state index in [4.69, 9.17) is 5.11 Å². The molecule has 6 nitrogen and oxygen atoms in total. The Morgan fingerprint density at radius 2 is 2.05 bits per heavy atom. The monoisotopic (exact) mass is 277 g/mol. The number of hydrogen-bond donors (Lipinski definition) is 3. The predicted molar refractivity (Wildman–Crippen MR) is 75.2 cm³/mol. The van der Waals surface area contributed by atoms with Crippen LogP contribution in [0.2, 0.25) is 0 Å². The lowest BCUT2D eigenvalue weighted by Gasteiger charge is -2.16. The van der Waals surface area contributed by atoms with Gasteiger partial charge in [0.2, 0.25) is 5.91 Å². The van der Waals surface area contributed by atoms with Crippen LogP contribution < -0.4 is 10.6 Å². The van der Waals surface area contributed by atoms with Gasteiger partial charge in [0.15, 0.2) is 0 Å². The van der Waals surface area contributed by atoms with Crippen molar-refractivity contribution in [2.75, 3.05) is 31.6 Å². The van der Waals surface area contributed by atoms with Gasteiger partial charge in [-0.25, -0.2) is 4.79 Å². The molecule has 6 heteroatoms. The van der Waals surface area contributed by atoms with Gasteiger partial charge in [-0.15, -0.1) is 0 Å². The molecule has 0 spiro atoms. The largest absolute Gasteiger partial charge is 0.396 e. The third kappa shape index (κ3) is 3.96. The fourth-order valence-electron chi connectivity index (χ4n) is 2.17. The molecular weight excluding hydrogens is 258 g/mol. The molecule has 108 valence electrons. The SMILES string of the molecule is O=C(NCC(=O)N1CCC(CO)C1)Nc1ccccc1. The van der Waals surface area contributed by atoms with Gasteiger partial charge in [0, 0.05) is 31.3 Å². The number of aliphatic hydroxyl groups is 1. The van der Waals surface area contributed by atoms with Gasteiger partial charge in [-0.2, -0.15) is 0 Å². The number of amides is 3. The highest BCUT2D eigenvalue weighted by molar-refractivity contribution is 5.92. The first-order valence-corrected chi connectivity index (χ1v) is 6.67. The molecule has 3 amide bonds. The zero-order valence-corrected chi connectivity index (χ0v) is 11.2. The highest BCUT2D eigenvalue weighted by atomic mass is 16.3. The number of nitrogens with one attached hydrogen (secondary N) is 2. The third-order valence-corrected chi connectivity index (χ3v) is 3.33. The van der Waals surface area contributed by atoms with Crippen molar-refractivity contribution in [1.29, 1.82) is 0 Å². The van der Waals surface area contributed by atoms with Crippen molar-refractivity contribution < 1.29 is 14.7 Å². The highest BCUT2D eigenvalue weighted by Crippen LogP contribution is 2.14. The Morgan fingerprint density at radius 3 is 2.70 bits per heavy atom. The van der Waals surface area contributed by atoms with E-state index in [9.17, 15) is 9.59 Å². The molecule has 1 aliphatic rings. The minimum absolute atomic E-state index is 0.0309. The zero-order chi connectivity index (χ0) is 14.4. The molecule has 1 heterocycles. The lowest BCUT2D eigenvalue weighted by Crippen LogP contribution is -2.40. The Labute approximate surface area is 117 Å². The Balaban J connectivity index is 1.72. The molecule has 1 aliphatic heterocycles. The number of urea groups is 1. The lowest BCUT2D eigenvalue weighted by molar-refractivity contribution is -0.129. The van der Waals surface area contributed by atoms with Crippen LogP contribution in [0.4, 0.5) is 10.5 Å². The van der Waals surface area contributed by atoms with Gasteiger partial charge in [0.05, 0.1) is 6.54 Å². The van der Waals surface area contributed by atoms with Crippen LogP contribution in [-0.2, 0) is 4.79 Å². The molecule has 20 heavy (non-hydrogen) atoms. The van der Waals surface area contributed by atoms with E-state index in [1.54, 1.807) is 17.0 Å². The highest BCUT2D eigenvalue weighted by Gasteiger charge is 2.25. The minimum atomic E-state index is -0.401. The maximum absolute atomic E-state index is 11.9. The maximum atomic E-state index is 11.9. The van der Waals surface area contributed by atoms with Crippen LogP contribution in [-0.4, -0.2) is 48.2 Å². The van der Waals surface area contributed by atoms with Crippen molar-refractivity contribution in [2.45, 2.75) is 6.42 Å². The number of aliphatic hydroxyl groups excluding tert-OH is 1. The first-order valence-electron chi connectivity index (χ1n) is 6.67. The molecule has 0 bridgehead atoms. The molecule has 0 aromatic heterocycles. The summed E-state index contributed by atoms with van der Waals surface area (Å²) >= 11 is 0. The summed E-state index contributed by atoms with van der Waals surface area (Å²) in [4.78, 5) is 25.2. The molecule has 1 saturated heterocycles. The summed E-state index contributed by atoms with van der Waals surface area (Å²) in [5.74, 6) is 0.0428. The van der Waals surface area contributed by atoms with Crippen molar-refractivity contribution in [3.8, 4) is 0 Å². The summed E-state index contributed by atoms with van der Waals surface area (Å²) in [6.07, 6.45) is 0.818. The average molecular weight is 277 g/mol. The van der Waals surface area contributed by atoms with E-state index < -0.39 is 6.03 Å². The molecule has 0 aliphatic carbocycles. The summed E-state index contributed by atoms with van der Waals surface area (Å²) in [5, 5.41) is 14.2. The zero-order valence-electron chi connectivity index (χ0n) is 11.2. The Kier molecular flexibility index (Phi) is 4.95. The van der Waals surface area contributed by atoms with E-state index in [1.807, 2.05) is 18.2 Å². The van der Waals surface area contributed by atoms with Crippen molar-refractivity contribution >= 4 is 17.6 Å². The second-order valence-electron chi connectivity index (χ2n) is 4.85. The van der Waals surface area contributed by atoms with Gasteiger partial charge < -0.3 is 20.6 Å². The predicted octanol–water partition coefficient (Wildman–Crippen LogP) is 0.649. The molecule has 0 radical (unpaired) electrons. The Morgan fingerprint density at radius 1 is 1.30 bits per heavy atom. The number of rotatable bonds is 4. The first-order chi connectivity index (χ1) is 9.69. The number of carbonyl (C=O) groups excluding carboxylic acids is 2. The van der Waals surface area contributed by atoms with Crippen LogP contribution in [0.1, 0.15) is 6.42 Å². The van der Waals surface area contributed by atoms with Gasteiger partial charge in [0.25, 0.3) is 0 Å².